The lowest BCUT2D eigenvalue weighted by molar-refractivity contribution is 0.224. The Morgan fingerprint density at radius 3 is 2.75 bits per heavy atom. The number of halogens is 2. The second-order valence-electron chi connectivity index (χ2n) is 5.20. The van der Waals surface area contributed by atoms with Gasteiger partial charge in [-0.25, -0.2) is 0 Å². The van der Waals surface area contributed by atoms with Crippen molar-refractivity contribution in [2.24, 2.45) is 0 Å². The Labute approximate surface area is 133 Å². The molecule has 1 aromatic heterocycles. The van der Waals surface area contributed by atoms with Crippen LogP contribution in [0.1, 0.15) is 46.2 Å². The summed E-state index contributed by atoms with van der Waals surface area (Å²) in [5.74, 6) is 0. The molecule has 106 valence electrons. The molecule has 1 heterocycles. The van der Waals surface area contributed by atoms with Crippen LogP contribution in [0.5, 0.6) is 0 Å². The number of fused-ring (bicyclic) bond motifs is 1. The molecule has 1 aliphatic rings. The van der Waals surface area contributed by atoms with E-state index in [1.54, 1.807) is 17.4 Å². The summed E-state index contributed by atoms with van der Waals surface area (Å²) >= 11 is 13.9. The number of rotatable bonds is 2. The maximum Gasteiger partial charge on any atom is 0.115 e. The Balaban J connectivity index is 1.94. The second-order valence-corrected chi connectivity index (χ2v) is 7.16. The largest absolute Gasteiger partial charge is 0.383 e. The van der Waals surface area contributed by atoms with Crippen LogP contribution in [0.2, 0.25) is 10.0 Å². The zero-order valence-electron chi connectivity index (χ0n) is 11.0. The summed E-state index contributed by atoms with van der Waals surface area (Å²) in [7, 11) is 0. The maximum absolute atomic E-state index is 10.6. The summed E-state index contributed by atoms with van der Waals surface area (Å²) in [6.07, 6.45) is 5.38. The van der Waals surface area contributed by atoms with Crippen LogP contribution in [0.4, 0.5) is 0 Å². The third-order valence-corrected chi connectivity index (χ3v) is 5.93. The molecular weight excluding hydrogens is 311 g/mol. The molecule has 4 heteroatoms. The van der Waals surface area contributed by atoms with E-state index < -0.39 is 6.10 Å². The first kappa shape index (κ1) is 14.4. The van der Waals surface area contributed by atoms with Gasteiger partial charge >= 0.3 is 0 Å². The number of aryl methyl sites for hydroxylation is 2. The monoisotopic (exact) mass is 326 g/mol. The van der Waals surface area contributed by atoms with Crippen molar-refractivity contribution in [1.29, 1.82) is 0 Å². The molecule has 1 N–H and O–H groups in total. The zero-order valence-corrected chi connectivity index (χ0v) is 13.4. The highest BCUT2D eigenvalue weighted by molar-refractivity contribution is 7.12. The maximum atomic E-state index is 10.6. The molecule has 0 aliphatic heterocycles. The number of thiophene rings is 1. The number of hydrogen-bond donors (Lipinski definition) is 1. The van der Waals surface area contributed by atoms with Crippen LogP contribution in [0, 0.1) is 0 Å². The minimum absolute atomic E-state index is 0.449. The van der Waals surface area contributed by atoms with E-state index in [9.17, 15) is 5.11 Å². The predicted molar refractivity (Wildman–Crippen MR) is 86.1 cm³/mol. The fourth-order valence-corrected chi connectivity index (χ4v) is 4.38. The molecule has 0 saturated heterocycles. The van der Waals surface area contributed by atoms with Gasteiger partial charge in [-0.05, 0) is 43.4 Å². The number of hydrogen-bond acceptors (Lipinski definition) is 2. The molecule has 0 fully saturated rings. The smallest absolute Gasteiger partial charge is 0.115 e. The van der Waals surface area contributed by atoms with Crippen molar-refractivity contribution in [3.63, 3.8) is 0 Å². The van der Waals surface area contributed by atoms with Crippen LogP contribution in [-0.4, -0.2) is 5.11 Å². The predicted octanol–water partition coefficient (Wildman–Crippen LogP) is 5.41. The first-order valence-electron chi connectivity index (χ1n) is 6.90. The molecule has 1 aliphatic carbocycles. The van der Waals surface area contributed by atoms with Gasteiger partial charge in [0, 0.05) is 15.3 Å². The van der Waals surface area contributed by atoms with E-state index in [-0.39, 0.29) is 0 Å². The van der Waals surface area contributed by atoms with E-state index in [0.717, 1.165) is 17.7 Å². The molecule has 1 nitrogen and oxygen atoms in total. The summed E-state index contributed by atoms with van der Waals surface area (Å²) in [5, 5.41) is 11.5. The standard InChI is InChI=1S/C16H16Cl2OS/c17-12-7-4-6-11(15(12)18)16(19)14-9-10-5-2-1-3-8-13(10)20-14/h4,6-7,9,16,19H,1-3,5,8H2. The van der Waals surface area contributed by atoms with Gasteiger partial charge in [-0.3, -0.25) is 0 Å². The third-order valence-electron chi connectivity index (χ3n) is 3.81. The quantitative estimate of drug-likeness (QED) is 0.732. The molecule has 1 atom stereocenters. The van der Waals surface area contributed by atoms with Crippen LogP contribution in [-0.2, 0) is 12.8 Å². The highest BCUT2D eigenvalue weighted by Crippen LogP contribution is 2.38. The Hall–Kier alpha value is -0.540. The van der Waals surface area contributed by atoms with Gasteiger partial charge in [-0.15, -0.1) is 11.3 Å². The van der Waals surface area contributed by atoms with Gasteiger partial charge in [-0.2, -0.15) is 0 Å². The summed E-state index contributed by atoms with van der Waals surface area (Å²) in [6.45, 7) is 0. The SMILES string of the molecule is OC(c1cc2c(s1)CCCCC2)c1cccc(Cl)c1Cl. The zero-order chi connectivity index (χ0) is 14.1. The number of aliphatic hydroxyl groups is 1. The molecule has 2 aromatic rings. The van der Waals surface area contributed by atoms with Crippen molar-refractivity contribution < 1.29 is 5.11 Å². The summed E-state index contributed by atoms with van der Waals surface area (Å²) in [6, 6.07) is 7.55. The average molecular weight is 327 g/mol. The van der Waals surface area contributed by atoms with Gasteiger partial charge in [-0.1, -0.05) is 41.8 Å². The summed E-state index contributed by atoms with van der Waals surface area (Å²) in [5.41, 5.74) is 2.09. The molecule has 1 aromatic carbocycles. The molecule has 20 heavy (non-hydrogen) atoms. The van der Waals surface area contributed by atoms with Crippen molar-refractivity contribution in [1.82, 2.24) is 0 Å². The normalized spacial score (nSPS) is 16.6. The van der Waals surface area contributed by atoms with Gasteiger partial charge in [0.15, 0.2) is 0 Å². The van der Waals surface area contributed by atoms with Gasteiger partial charge in [0.1, 0.15) is 6.10 Å². The Kier molecular flexibility index (Phi) is 4.37. The summed E-state index contributed by atoms with van der Waals surface area (Å²) < 4.78 is 0. The molecule has 3 rings (SSSR count). The lowest BCUT2D eigenvalue weighted by Gasteiger charge is -2.11. The van der Waals surface area contributed by atoms with Gasteiger partial charge in [0.05, 0.1) is 10.0 Å². The fourth-order valence-electron chi connectivity index (χ4n) is 2.71. The van der Waals surface area contributed by atoms with Crippen molar-refractivity contribution in [3.05, 3.63) is 55.2 Å². The van der Waals surface area contributed by atoms with E-state index in [0.29, 0.717) is 15.6 Å². The number of aliphatic hydroxyl groups excluding tert-OH is 1. The van der Waals surface area contributed by atoms with Gasteiger partial charge < -0.3 is 5.11 Å². The topological polar surface area (TPSA) is 20.2 Å². The third kappa shape index (κ3) is 2.75. The Bertz CT molecular complexity index is 597. The minimum atomic E-state index is -0.682. The number of benzene rings is 1. The van der Waals surface area contributed by atoms with E-state index in [2.05, 4.69) is 6.07 Å². The van der Waals surface area contributed by atoms with Crippen LogP contribution in [0.25, 0.3) is 0 Å². The second kappa shape index (κ2) is 6.07. The summed E-state index contributed by atoms with van der Waals surface area (Å²) in [4.78, 5) is 2.40. The first-order chi connectivity index (χ1) is 9.66. The Morgan fingerprint density at radius 1 is 1.10 bits per heavy atom. The van der Waals surface area contributed by atoms with Crippen molar-refractivity contribution >= 4 is 34.5 Å². The molecule has 0 radical (unpaired) electrons. The van der Waals surface area contributed by atoms with Crippen LogP contribution < -0.4 is 0 Å². The first-order valence-corrected chi connectivity index (χ1v) is 8.47. The molecule has 0 bridgehead atoms. The van der Waals surface area contributed by atoms with E-state index in [1.165, 1.54) is 29.7 Å². The fraction of sp³-hybridized carbons (Fsp3) is 0.375. The van der Waals surface area contributed by atoms with Crippen LogP contribution in [0.3, 0.4) is 0 Å². The highest BCUT2D eigenvalue weighted by atomic mass is 35.5. The van der Waals surface area contributed by atoms with Crippen LogP contribution >= 0.6 is 34.5 Å². The van der Waals surface area contributed by atoms with Crippen LogP contribution in [0.15, 0.2) is 24.3 Å². The molecule has 0 amide bonds. The molecule has 1 unspecified atom stereocenters. The van der Waals surface area contributed by atoms with E-state index in [4.69, 9.17) is 23.2 Å². The molecule has 0 spiro atoms. The van der Waals surface area contributed by atoms with E-state index >= 15 is 0 Å². The highest BCUT2D eigenvalue weighted by Gasteiger charge is 2.20. The van der Waals surface area contributed by atoms with Gasteiger partial charge in [0.25, 0.3) is 0 Å². The Morgan fingerprint density at radius 2 is 1.90 bits per heavy atom. The van der Waals surface area contributed by atoms with E-state index in [1.807, 2.05) is 12.1 Å². The minimum Gasteiger partial charge on any atom is -0.383 e. The van der Waals surface area contributed by atoms with Crippen molar-refractivity contribution in [2.75, 3.05) is 0 Å². The van der Waals surface area contributed by atoms with Crippen molar-refractivity contribution in [3.8, 4) is 0 Å². The lowest BCUT2D eigenvalue weighted by Crippen LogP contribution is -1.98. The molecule has 0 saturated carbocycles. The molecular formula is C16H16Cl2OS. The lowest BCUT2D eigenvalue weighted by atomic mass is 10.1. The van der Waals surface area contributed by atoms with Gasteiger partial charge in [0.2, 0.25) is 0 Å². The van der Waals surface area contributed by atoms with Crippen molar-refractivity contribution in [2.45, 2.75) is 38.2 Å². The average Bonchev–Trinajstić information content (AvgIpc) is 2.72.